The number of anilines is 1. The van der Waals surface area contributed by atoms with Crippen LogP contribution in [-0.2, 0) is 6.54 Å². The second-order valence-corrected chi connectivity index (χ2v) is 7.64. The molecule has 1 aliphatic rings. The molecule has 2 aromatic rings. The van der Waals surface area contributed by atoms with Gasteiger partial charge in [-0.15, -0.1) is 11.3 Å². The van der Waals surface area contributed by atoms with Crippen molar-refractivity contribution in [1.29, 1.82) is 0 Å². The van der Waals surface area contributed by atoms with Gasteiger partial charge in [0.25, 0.3) is 0 Å². The molecule has 1 aliphatic heterocycles. The van der Waals surface area contributed by atoms with Crippen molar-refractivity contribution in [3.63, 3.8) is 0 Å². The predicted octanol–water partition coefficient (Wildman–Crippen LogP) is 3.51. The smallest absolute Gasteiger partial charge is 0.146 e. The lowest BCUT2D eigenvalue weighted by Crippen LogP contribution is -2.39. The molecule has 0 saturated carbocycles. The lowest BCUT2D eigenvalue weighted by Gasteiger charge is -2.35. The van der Waals surface area contributed by atoms with Crippen molar-refractivity contribution in [1.82, 2.24) is 14.9 Å². The maximum atomic E-state index is 6.17. The average molecular weight is 304 g/mol. The van der Waals surface area contributed by atoms with Crippen LogP contribution in [0.1, 0.15) is 43.0 Å². The minimum absolute atomic E-state index is 0.598. The highest BCUT2D eigenvalue weighted by atomic mass is 32.1. The molecule has 0 amide bonds. The normalized spacial score (nSPS) is 23.8. The van der Waals surface area contributed by atoms with Crippen LogP contribution in [0, 0.1) is 19.8 Å². The maximum Gasteiger partial charge on any atom is 0.146 e. The highest BCUT2D eigenvalue weighted by molar-refractivity contribution is 7.18. The number of thiophene rings is 1. The molecule has 0 radical (unpaired) electrons. The molecule has 0 spiro atoms. The van der Waals surface area contributed by atoms with Crippen LogP contribution in [0.5, 0.6) is 0 Å². The van der Waals surface area contributed by atoms with Gasteiger partial charge < -0.3 is 5.73 Å². The number of aromatic nitrogens is 2. The van der Waals surface area contributed by atoms with Gasteiger partial charge in [-0.05, 0) is 51.6 Å². The number of nitrogens with two attached hydrogens (primary N) is 1. The Labute approximate surface area is 130 Å². The van der Waals surface area contributed by atoms with Crippen molar-refractivity contribution < 1.29 is 0 Å². The quantitative estimate of drug-likeness (QED) is 0.922. The summed E-state index contributed by atoms with van der Waals surface area (Å²) in [5.74, 6) is 2.32. The zero-order valence-corrected chi connectivity index (χ0v) is 14.1. The summed E-state index contributed by atoms with van der Waals surface area (Å²) in [6, 6.07) is 0.598. The molecule has 3 rings (SSSR count). The van der Waals surface area contributed by atoms with Crippen LogP contribution < -0.4 is 5.73 Å². The molecule has 2 unspecified atom stereocenters. The Balaban J connectivity index is 1.88. The lowest BCUT2D eigenvalue weighted by molar-refractivity contribution is 0.119. The minimum Gasteiger partial charge on any atom is -0.383 e. The summed E-state index contributed by atoms with van der Waals surface area (Å²) in [6.45, 7) is 10.8. The van der Waals surface area contributed by atoms with Crippen LogP contribution in [0.2, 0.25) is 0 Å². The van der Waals surface area contributed by atoms with Gasteiger partial charge in [0.05, 0.1) is 11.9 Å². The summed E-state index contributed by atoms with van der Waals surface area (Å²) in [6.07, 6.45) is 2.52. The van der Waals surface area contributed by atoms with E-state index < -0.39 is 0 Å². The molecule has 0 aromatic carbocycles. The molecule has 114 valence electrons. The van der Waals surface area contributed by atoms with Crippen molar-refractivity contribution in [2.45, 2.75) is 53.1 Å². The summed E-state index contributed by atoms with van der Waals surface area (Å²) >= 11 is 1.72. The summed E-state index contributed by atoms with van der Waals surface area (Å²) in [5, 5.41) is 1.04. The van der Waals surface area contributed by atoms with Crippen LogP contribution in [0.4, 0.5) is 5.82 Å². The lowest BCUT2D eigenvalue weighted by atomic mass is 9.93. The average Bonchev–Trinajstić information content (AvgIpc) is 2.69. The molecule has 1 fully saturated rings. The monoisotopic (exact) mass is 304 g/mol. The largest absolute Gasteiger partial charge is 0.383 e. The number of likely N-dealkylation sites (tertiary alicyclic amines) is 1. The zero-order valence-electron chi connectivity index (χ0n) is 13.3. The van der Waals surface area contributed by atoms with Crippen molar-refractivity contribution >= 4 is 27.4 Å². The molecule has 4 nitrogen and oxygen atoms in total. The molecule has 2 atom stereocenters. The number of nitrogens with zero attached hydrogens (tertiary/aromatic N) is 3. The number of aryl methyl sites for hydroxylation is 2. The summed E-state index contributed by atoms with van der Waals surface area (Å²) in [4.78, 5) is 14.1. The maximum absolute atomic E-state index is 6.17. The Bertz CT molecular complexity index is 664. The Kier molecular flexibility index (Phi) is 3.88. The van der Waals surface area contributed by atoms with Crippen LogP contribution >= 0.6 is 11.3 Å². The fraction of sp³-hybridized carbons (Fsp3) is 0.625. The van der Waals surface area contributed by atoms with E-state index in [1.165, 1.54) is 23.3 Å². The van der Waals surface area contributed by atoms with E-state index in [0.717, 1.165) is 35.0 Å². The van der Waals surface area contributed by atoms with E-state index in [2.05, 4.69) is 37.6 Å². The fourth-order valence-corrected chi connectivity index (χ4v) is 4.33. The predicted molar refractivity (Wildman–Crippen MR) is 89.6 cm³/mol. The van der Waals surface area contributed by atoms with Gasteiger partial charge in [0.2, 0.25) is 0 Å². The van der Waals surface area contributed by atoms with Crippen molar-refractivity contribution in [3.8, 4) is 0 Å². The van der Waals surface area contributed by atoms with Crippen molar-refractivity contribution in [2.75, 3.05) is 12.3 Å². The Morgan fingerprint density at radius 3 is 2.76 bits per heavy atom. The van der Waals surface area contributed by atoms with Gasteiger partial charge in [0, 0.05) is 10.9 Å². The van der Waals surface area contributed by atoms with Gasteiger partial charge >= 0.3 is 0 Å². The van der Waals surface area contributed by atoms with E-state index in [9.17, 15) is 0 Å². The van der Waals surface area contributed by atoms with Gasteiger partial charge in [-0.1, -0.05) is 6.92 Å². The standard InChI is InChI=1S/C16H24N4S/c1-9-5-6-20(10(2)7-9)8-13-18-15(17)14-11(3)12(4)21-16(14)19-13/h9-10H,5-8H2,1-4H3,(H2,17,18,19). The summed E-state index contributed by atoms with van der Waals surface area (Å²) < 4.78 is 0. The second-order valence-electron chi connectivity index (χ2n) is 6.44. The first kappa shape index (κ1) is 14.7. The number of rotatable bonds is 2. The van der Waals surface area contributed by atoms with Crippen molar-refractivity contribution in [3.05, 3.63) is 16.3 Å². The van der Waals surface area contributed by atoms with Crippen LogP contribution in [0.25, 0.3) is 10.2 Å². The summed E-state index contributed by atoms with van der Waals surface area (Å²) in [5.41, 5.74) is 7.39. The number of piperidine rings is 1. The van der Waals surface area contributed by atoms with Crippen LogP contribution in [0.15, 0.2) is 0 Å². The first-order chi connectivity index (χ1) is 9.95. The molecule has 3 heterocycles. The van der Waals surface area contributed by atoms with E-state index >= 15 is 0 Å². The Morgan fingerprint density at radius 2 is 2.05 bits per heavy atom. The van der Waals surface area contributed by atoms with Crippen LogP contribution in [0.3, 0.4) is 0 Å². The molecule has 1 saturated heterocycles. The van der Waals surface area contributed by atoms with E-state index in [0.29, 0.717) is 11.9 Å². The Morgan fingerprint density at radius 1 is 1.29 bits per heavy atom. The highest BCUT2D eigenvalue weighted by Gasteiger charge is 2.24. The zero-order chi connectivity index (χ0) is 15.1. The number of hydrogen-bond donors (Lipinski definition) is 1. The third kappa shape index (κ3) is 2.77. The van der Waals surface area contributed by atoms with Gasteiger partial charge in [0.1, 0.15) is 16.5 Å². The highest BCUT2D eigenvalue weighted by Crippen LogP contribution is 2.32. The molecule has 2 aromatic heterocycles. The topological polar surface area (TPSA) is 55.0 Å². The molecule has 2 N–H and O–H groups in total. The van der Waals surface area contributed by atoms with Crippen molar-refractivity contribution in [2.24, 2.45) is 5.92 Å². The van der Waals surface area contributed by atoms with Crippen LogP contribution in [-0.4, -0.2) is 27.5 Å². The van der Waals surface area contributed by atoms with E-state index in [1.54, 1.807) is 11.3 Å². The molecule has 0 bridgehead atoms. The first-order valence-corrected chi connectivity index (χ1v) is 8.53. The summed E-state index contributed by atoms with van der Waals surface area (Å²) in [7, 11) is 0. The third-order valence-electron chi connectivity index (χ3n) is 4.72. The van der Waals surface area contributed by atoms with Gasteiger partial charge in [-0.3, -0.25) is 4.90 Å². The molecule has 5 heteroatoms. The number of nitrogen functional groups attached to an aromatic ring is 1. The van der Waals surface area contributed by atoms with Gasteiger partial charge in [-0.25, -0.2) is 9.97 Å². The number of hydrogen-bond acceptors (Lipinski definition) is 5. The molecular weight excluding hydrogens is 280 g/mol. The molecular formula is C16H24N4S. The number of fused-ring (bicyclic) bond motifs is 1. The Hall–Kier alpha value is -1.20. The van der Waals surface area contributed by atoms with Gasteiger partial charge in [0.15, 0.2) is 0 Å². The van der Waals surface area contributed by atoms with E-state index in [4.69, 9.17) is 10.7 Å². The second kappa shape index (κ2) is 5.54. The SMILES string of the molecule is Cc1sc2nc(CN3CCC(C)CC3C)nc(N)c2c1C. The fourth-order valence-electron chi connectivity index (χ4n) is 3.27. The van der Waals surface area contributed by atoms with E-state index in [-0.39, 0.29) is 0 Å². The molecule has 21 heavy (non-hydrogen) atoms. The van der Waals surface area contributed by atoms with E-state index in [1.807, 2.05) is 0 Å². The minimum atomic E-state index is 0.598. The first-order valence-electron chi connectivity index (χ1n) is 7.72. The third-order valence-corrected chi connectivity index (χ3v) is 5.82. The molecule has 0 aliphatic carbocycles. The van der Waals surface area contributed by atoms with Gasteiger partial charge in [-0.2, -0.15) is 0 Å².